The van der Waals surface area contributed by atoms with Crippen LogP contribution in [0.4, 0.5) is 0 Å². The number of ether oxygens (including phenoxy) is 1. The van der Waals surface area contributed by atoms with Gasteiger partial charge in [0, 0.05) is 42.9 Å². The molecule has 5 rings (SSSR count). The zero-order valence-corrected chi connectivity index (χ0v) is 19.4. The van der Waals surface area contributed by atoms with E-state index in [4.69, 9.17) is 22.1 Å². The lowest BCUT2D eigenvalue weighted by atomic mass is 9.94. The number of amides is 3. The lowest BCUT2D eigenvalue weighted by molar-refractivity contribution is -0.137. The number of fused-ring (bicyclic) bond motifs is 2. The summed E-state index contributed by atoms with van der Waals surface area (Å²) in [5.74, 6) is 0.0340. The van der Waals surface area contributed by atoms with E-state index in [-0.39, 0.29) is 59.7 Å². The molecule has 1 aromatic carbocycles. The van der Waals surface area contributed by atoms with Gasteiger partial charge in [-0.05, 0) is 30.2 Å². The Labute approximate surface area is 200 Å². The van der Waals surface area contributed by atoms with Crippen LogP contribution in [-0.2, 0) is 20.8 Å². The Hall–Kier alpha value is -2.30. The SMILES string of the molecule is NC1=NC(=O)C(CC(=O)N2CC3CN(C(=O)C4COc5ccc(Cl)cc5C4)CC3C2CO)S1. The molecule has 0 aromatic heterocycles. The summed E-state index contributed by atoms with van der Waals surface area (Å²) in [5, 5.41) is 10.2. The monoisotopic (exact) mass is 492 g/mol. The molecule has 2 fully saturated rings. The average Bonchev–Trinajstić information content (AvgIpc) is 3.44. The highest BCUT2D eigenvalue weighted by atomic mass is 35.5. The van der Waals surface area contributed by atoms with Gasteiger partial charge >= 0.3 is 0 Å². The Morgan fingerprint density at radius 3 is 2.85 bits per heavy atom. The molecule has 9 nitrogen and oxygen atoms in total. The first kappa shape index (κ1) is 22.5. The van der Waals surface area contributed by atoms with Crippen molar-refractivity contribution in [2.45, 2.75) is 24.1 Å². The Balaban J connectivity index is 1.21. The first-order chi connectivity index (χ1) is 15.8. The smallest absolute Gasteiger partial charge is 0.262 e. The number of hydrogen-bond donors (Lipinski definition) is 2. The maximum Gasteiger partial charge on any atom is 0.262 e. The molecule has 1 aromatic rings. The molecule has 33 heavy (non-hydrogen) atoms. The number of halogens is 1. The van der Waals surface area contributed by atoms with Gasteiger partial charge < -0.3 is 25.4 Å². The summed E-state index contributed by atoms with van der Waals surface area (Å²) in [4.78, 5) is 45.2. The number of carbonyl (C=O) groups excluding carboxylic acids is 3. The summed E-state index contributed by atoms with van der Waals surface area (Å²) in [6, 6.07) is 5.07. The van der Waals surface area contributed by atoms with E-state index in [0.29, 0.717) is 37.7 Å². The number of rotatable bonds is 4. The number of nitrogens with two attached hydrogens (primary N) is 1. The van der Waals surface area contributed by atoms with Crippen LogP contribution >= 0.6 is 23.4 Å². The van der Waals surface area contributed by atoms with Crippen LogP contribution in [0.25, 0.3) is 0 Å². The minimum atomic E-state index is -0.599. The predicted octanol–water partition coefficient (Wildman–Crippen LogP) is 0.516. The van der Waals surface area contributed by atoms with Crippen LogP contribution in [0.5, 0.6) is 5.75 Å². The second-order valence-electron chi connectivity index (χ2n) is 9.03. The number of carbonyl (C=O) groups is 3. The van der Waals surface area contributed by atoms with Crippen LogP contribution in [0.2, 0.25) is 5.02 Å². The lowest BCUT2D eigenvalue weighted by Crippen LogP contribution is -2.46. The van der Waals surface area contributed by atoms with E-state index >= 15 is 0 Å². The molecule has 3 N–H and O–H groups in total. The molecular formula is C22H25ClN4O5S. The van der Waals surface area contributed by atoms with Gasteiger partial charge in [-0.2, -0.15) is 4.99 Å². The van der Waals surface area contributed by atoms with E-state index in [1.807, 2.05) is 17.0 Å². The first-order valence-electron chi connectivity index (χ1n) is 11.0. The number of thioether (sulfide) groups is 1. The normalized spacial score (nSPS) is 30.7. The molecule has 3 amide bonds. The highest BCUT2D eigenvalue weighted by Crippen LogP contribution is 2.39. The molecule has 176 valence electrons. The molecule has 4 aliphatic rings. The average molecular weight is 493 g/mol. The van der Waals surface area contributed by atoms with E-state index in [0.717, 1.165) is 23.1 Å². The van der Waals surface area contributed by atoms with Crippen LogP contribution in [0.3, 0.4) is 0 Å². The van der Waals surface area contributed by atoms with Gasteiger partial charge in [0.15, 0.2) is 5.17 Å². The summed E-state index contributed by atoms with van der Waals surface area (Å²) >= 11 is 7.20. The minimum Gasteiger partial charge on any atom is -0.492 e. The Morgan fingerprint density at radius 2 is 2.12 bits per heavy atom. The maximum atomic E-state index is 13.2. The van der Waals surface area contributed by atoms with Gasteiger partial charge in [0.2, 0.25) is 11.8 Å². The van der Waals surface area contributed by atoms with E-state index in [2.05, 4.69) is 4.99 Å². The zero-order valence-electron chi connectivity index (χ0n) is 17.9. The highest BCUT2D eigenvalue weighted by molar-refractivity contribution is 8.15. The Bertz CT molecular complexity index is 1040. The summed E-state index contributed by atoms with van der Waals surface area (Å²) in [5.41, 5.74) is 6.52. The fraction of sp³-hybridized carbons (Fsp3) is 0.545. The molecule has 0 saturated carbocycles. The summed E-state index contributed by atoms with van der Waals surface area (Å²) in [7, 11) is 0. The van der Waals surface area contributed by atoms with E-state index in [1.54, 1.807) is 11.0 Å². The Morgan fingerprint density at radius 1 is 1.30 bits per heavy atom. The second-order valence-corrected chi connectivity index (χ2v) is 10.7. The summed E-state index contributed by atoms with van der Waals surface area (Å²) < 4.78 is 5.79. The molecular weight excluding hydrogens is 468 g/mol. The number of likely N-dealkylation sites (tertiary alicyclic amines) is 2. The fourth-order valence-corrected chi connectivity index (χ4v) is 6.44. The van der Waals surface area contributed by atoms with Gasteiger partial charge in [-0.1, -0.05) is 23.4 Å². The standard InChI is InChI=1S/C22H25ClN4O5S/c23-14-1-2-17-11(4-14)3-12(10-32-17)21(31)26-6-13-7-27(16(9-28)15(13)8-26)19(29)5-18-20(30)25-22(24)33-18/h1-2,4,12-13,15-16,18,28H,3,5-10H2,(H2,24,25,30). The van der Waals surface area contributed by atoms with E-state index < -0.39 is 5.25 Å². The lowest BCUT2D eigenvalue weighted by Gasteiger charge is -2.31. The van der Waals surface area contributed by atoms with Crippen molar-refractivity contribution >= 4 is 46.3 Å². The molecule has 4 heterocycles. The summed E-state index contributed by atoms with van der Waals surface area (Å²) in [6.45, 7) is 1.63. The maximum absolute atomic E-state index is 13.2. The molecule has 0 bridgehead atoms. The molecule has 0 radical (unpaired) electrons. The Kier molecular flexibility index (Phi) is 6.00. The number of benzene rings is 1. The third-order valence-electron chi connectivity index (χ3n) is 7.03. The van der Waals surface area contributed by atoms with Gasteiger partial charge in [0.1, 0.15) is 17.6 Å². The molecule has 5 unspecified atom stereocenters. The van der Waals surface area contributed by atoms with Crippen LogP contribution in [-0.4, -0.2) is 81.9 Å². The number of aliphatic hydroxyl groups excluding tert-OH is 1. The minimum absolute atomic E-state index is 0.00221. The van der Waals surface area contributed by atoms with E-state index in [9.17, 15) is 19.5 Å². The molecule has 11 heteroatoms. The van der Waals surface area contributed by atoms with Gasteiger partial charge in [0.05, 0.1) is 18.6 Å². The molecule has 4 aliphatic heterocycles. The fourth-order valence-electron chi connectivity index (χ4n) is 5.43. The van der Waals surface area contributed by atoms with Crippen molar-refractivity contribution in [3.05, 3.63) is 28.8 Å². The second kappa shape index (κ2) is 8.81. The van der Waals surface area contributed by atoms with Crippen LogP contribution in [0.1, 0.15) is 12.0 Å². The zero-order chi connectivity index (χ0) is 23.3. The quantitative estimate of drug-likeness (QED) is 0.627. The largest absolute Gasteiger partial charge is 0.492 e. The van der Waals surface area contributed by atoms with Crippen molar-refractivity contribution in [3.8, 4) is 5.75 Å². The predicted molar refractivity (Wildman–Crippen MR) is 123 cm³/mol. The van der Waals surface area contributed by atoms with Crippen LogP contribution in [0.15, 0.2) is 23.2 Å². The number of aliphatic hydroxyl groups is 1. The first-order valence-corrected chi connectivity index (χ1v) is 12.2. The highest BCUT2D eigenvalue weighted by Gasteiger charge is 2.50. The third kappa shape index (κ3) is 4.20. The number of nitrogens with zero attached hydrogens (tertiary/aromatic N) is 3. The van der Waals surface area contributed by atoms with Crippen molar-refractivity contribution in [3.63, 3.8) is 0 Å². The van der Waals surface area contributed by atoms with Crippen molar-refractivity contribution in [1.29, 1.82) is 0 Å². The molecule has 0 spiro atoms. The number of aliphatic imine (C=N–C) groups is 1. The van der Waals surface area contributed by atoms with Crippen molar-refractivity contribution < 1.29 is 24.2 Å². The van der Waals surface area contributed by atoms with Gasteiger partial charge in [0.25, 0.3) is 5.91 Å². The van der Waals surface area contributed by atoms with E-state index in [1.165, 1.54) is 0 Å². The van der Waals surface area contributed by atoms with Crippen molar-refractivity contribution in [2.24, 2.45) is 28.5 Å². The molecule has 0 aliphatic carbocycles. The molecule has 5 atom stereocenters. The van der Waals surface area contributed by atoms with Crippen LogP contribution in [0, 0.1) is 17.8 Å². The third-order valence-corrected chi connectivity index (χ3v) is 8.25. The van der Waals surface area contributed by atoms with Crippen LogP contribution < -0.4 is 10.5 Å². The number of amidine groups is 1. The van der Waals surface area contributed by atoms with Crippen molar-refractivity contribution in [2.75, 3.05) is 32.8 Å². The molecule has 2 saturated heterocycles. The van der Waals surface area contributed by atoms with Gasteiger partial charge in [-0.3, -0.25) is 14.4 Å². The van der Waals surface area contributed by atoms with Crippen molar-refractivity contribution in [1.82, 2.24) is 9.80 Å². The topological polar surface area (TPSA) is 126 Å². The summed E-state index contributed by atoms with van der Waals surface area (Å²) in [6.07, 6.45) is 0.584. The van der Waals surface area contributed by atoms with Gasteiger partial charge in [-0.15, -0.1) is 0 Å². The van der Waals surface area contributed by atoms with Gasteiger partial charge in [-0.25, -0.2) is 0 Å². The number of hydrogen-bond acceptors (Lipinski definition) is 7.